The third-order valence-corrected chi connectivity index (χ3v) is 8.64. The standard InChI is InChI=1S/C24H32N4O7S2/c1-32-15-20-14-25-24(36-20)26-23(29)22(27-35-19-6-5-18(13-19)33-2)16-3-7-21(8-4-16)37(30,31)28-17-9-11-34-12-10-17/h3-4,7-8,14,17-19,28H,5-6,9-13,15H2,1-2H3,(H,25,26,29)/t18-,19-/m1/s1. The van der Waals surface area contributed by atoms with E-state index in [1.54, 1.807) is 32.5 Å². The molecule has 1 saturated heterocycles. The van der Waals surface area contributed by atoms with Crippen LogP contribution in [0.25, 0.3) is 0 Å². The lowest BCUT2D eigenvalue weighted by atomic mass is 10.1. The largest absolute Gasteiger partial charge is 0.392 e. The number of nitrogens with one attached hydrogen (secondary N) is 2. The van der Waals surface area contributed by atoms with Gasteiger partial charge in [0.25, 0.3) is 5.91 Å². The van der Waals surface area contributed by atoms with Crippen LogP contribution in [-0.4, -0.2) is 70.7 Å². The van der Waals surface area contributed by atoms with Crippen LogP contribution in [0.15, 0.2) is 40.5 Å². The van der Waals surface area contributed by atoms with E-state index >= 15 is 0 Å². The average molecular weight is 553 g/mol. The lowest BCUT2D eigenvalue weighted by Gasteiger charge is -2.23. The van der Waals surface area contributed by atoms with Crippen LogP contribution in [0, 0.1) is 0 Å². The van der Waals surface area contributed by atoms with Crippen LogP contribution in [0.1, 0.15) is 42.5 Å². The summed E-state index contributed by atoms with van der Waals surface area (Å²) in [4.78, 5) is 24.1. The Balaban J connectivity index is 1.52. The van der Waals surface area contributed by atoms with Crippen LogP contribution in [0.3, 0.4) is 0 Å². The van der Waals surface area contributed by atoms with Gasteiger partial charge in [-0.25, -0.2) is 18.1 Å². The van der Waals surface area contributed by atoms with Crippen molar-refractivity contribution in [1.29, 1.82) is 0 Å². The van der Waals surface area contributed by atoms with Crippen LogP contribution in [0.4, 0.5) is 5.13 Å². The lowest BCUT2D eigenvalue weighted by Crippen LogP contribution is -2.38. The average Bonchev–Trinajstić information content (AvgIpc) is 3.54. The second-order valence-corrected chi connectivity index (χ2v) is 11.7. The van der Waals surface area contributed by atoms with E-state index in [1.165, 1.54) is 23.5 Å². The smallest absolute Gasteiger partial charge is 0.280 e. The van der Waals surface area contributed by atoms with Crippen molar-refractivity contribution in [3.05, 3.63) is 40.9 Å². The number of benzene rings is 1. The number of thiazole rings is 1. The van der Waals surface area contributed by atoms with Gasteiger partial charge in [-0.1, -0.05) is 28.6 Å². The predicted molar refractivity (Wildman–Crippen MR) is 138 cm³/mol. The summed E-state index contributed by atoms with van der Waals surface area (Å²) in [7, 11) is -0.476. The van der Waals surface area contributed by atoms with Gasteiger partial charge >= 0.3 is 0 Å². The fourth-order valence-electron chi connectivity index (χ4n) is 4.19. The number of hydrogen-bond acceptors (Lipinski definition) is 10. The van der Waals surface area contributed by atoms with E-state index < -0.39 is 15.9 Å². The van der Waals surface area contributed by atoms with Crippen LogP contribution >= 0.6 is 11.3 Å². The van der Waals surface area contributed by atoms with Crippen molar-refractivity contribution in [1.82, 2.24) is 9.71 Å². The third-order valence-electron chi connectivity index (χ3n) is 6.22. The fourth-order valence-corrected chi connectivity index (χ4v) is 6.27. The van der Waals surface area contributed by atoms with Crippen LogP contribution in [-0.2, 0) is 40.5 Å². The van der Waals surface area contributed by atoms with Crippen molar-refractivity contribution in [2.45, 2.75) is 61.9 Å². The van der Waals surface area contributed by atoms with E-state index in [-0.39, 0.29) is 28.9 Å². The maximum absolute atomic E-state index is 13.2. The van der Waals surface area contributed by atoms with Crippen molar-refractivity contribution in [2.75, 3.05) is 32.8 Å². The molecule has 2 aliphatic rings. The van der Waals surface area contributed by atoms with E-state index in [2.05, 4.69) is 20.2 Å². The van der Waals surface area contributed by atoms with Gasteiger partial charge in [0.05, 0.1) is 22.5 Å². The molecule has 1 aliphatic carbocycles. The van der Waals surface area contributed by atoms with Crippen molar-refractivity contribution in [3.8, 4) is 0 Å². The zero-order chi connectivity index (χ0) is 26.3. The number of amides is 1. The normalized spacial score (nSPS) is 21.2. The summed E-state index contributed by atoms with van der Waals surface area (Å²) >= 11 is 1.29. The van der Waals surface area contributed by atoms with Gasteiger partial charge in [0.2, 0.25) is 10.0 Å². The molecule has 1 amide bonds. The minimum Gasteiger partial charge on any atom is -0.392 e. The van der Waals surface area contributed by atoms with E-state index in [9.17, 15) is 13.2 Å². The first-order valence-electron chi connectivity index (χ1n) is 12.1. The van der Waals surface area contributed by atoms with E-state index in [0.717, 1.165) is 17.7 Å². The van der Waals surface area contributed by atoms with E-state index in [0.29, 0.717) is 49.8 Å². The van der Waals surface area contributed by atoms with Crippen molar-refractivity contribution >= 4 is 38.1 Å². The second-order valence-electron chi connectivity index (χ2n) is 8.89. The SMILES string of the molecule is COCc1cnc(NC(=O)C(=NO[C@@H]2CC[C@@H](OC)C2)c2ccc(S(=O)(=O)NC3CCOCC3)cc2)s1. The van der Waals surface area contributed by atoms with Gasteiger partial charge in [-0.15, -0.1) is 0 Å². The summed E-state index contributed by atoms with van der Waals surface area (Å²) < 4.78 is 44.2. The first-order valence-corrected chi connectivity index (χ1v) is 14.4. The Labute approximate surface area is 220 Å². The molecule has 2 atom stereocenters. The number of anilines is 1. The second kappa shape index (κ2) is 12.9. The fraction of sp³-hybridized carbons (Fsp3) is 0.542. The molecule has 11 nitrogen and oxygen atoms in total. The van der Waals surface area contributed by atoms with Gasteiger partial charge in [0, 0.05) is 51.7 Å². The Kier molecular flexibility index (Phi) is 9.62. The predicted octanol–water partition coefficient (Wildman–Crippen LogP) is 2.67. The first kappa shape index (κ1) is 27.6. The molecule has 13 heteroatoms. The number of sulfonamides is 1. The van der Waals surface area contributed by atoms with Gasteiger partial charge in [-0.05, 0) is 37.8 Å². The molecule has 37 heavy (non-hydrogen) atoms. The number of carbonyl (C=O) groups excluding carboxylic acids is 1. The molecular formula is C24H32N4O7S2. The third kappa shape index (κ3) is 7.55. The summed E-state index contributed by atoms with van der Waals surface area (Å²) in [5.74, 6) is -0.518. The van der Waals surface area contributed by atoms with Gasteiger partial charge in [0.15, 0.2) is 10.8 Å². The molecule has 2 aromatic rings. The van der Waals surface area contributed by atoms with Gasteiger partial charge in [0.1, 0.15) is 6.10 Å². The Morgan fingerprint density at radius 2 is 1.86 bits per heavy atom. The molecule has 202 valence electrons. The molecule has 0 unspecified atom stereocenters. The molecular weight excluding hydrogens is 520 g/mol. The number of ether oxygens (including phenoxy) is 3. The molecule has 2 heterocycles. The Morgan fingerprint density at radius 3 is 2.54 bits per heavy atom. The number of methoxy groups -OCH3 is 2. The van der Waals surface area contributed by atoms with Crippen molar-refractivity contribution in [2.24, 2.45) is 5.16 Å². The molecule has 0 bridgehead atoms. The van der Waals surface area contributed by atoms with Gasteiger partial charge < -0.3 is 19.0 Å². The minimum atomic E-state index is -3.72. The van der Waals surface area contributed by atoms with Crippen LogP contribution < -0.4 is 10.0 Å². The topological polar surface area (TPSA) is 137 Å². The lowest BCUT2D eigenvalue weighted by molar-refractivity contribution is -0.110. The maximum atomic E-state index is 13.2. The maximum Gasteiger partial charge on any atom is 0.280 e. The van der Waals surface area contributed by atoms with Crippen LogP contribution in [0.2, 0.25) is 0 Å². The highest BCUT2D eigenvalue weighted by atomic mass is 32.2. The van der Waals surface area contributed by atoms with E-state index in [4.69, 9.17) is 19.0 Å². The minimum absolute atomic E-state index is 0.0192. The Morgan fingerprint density at radius 1 is 1.14 bits per heavy atom. The number of rotatable bonds is 11. The summed E-state index contributed by atoms with van der Waals surface area (Å²) in [5.41, 5.74) is 0.433. The number of hydrogen-bond donors (Lipinski definition) is 2. The van der Waals surface area contributed by atoms with Gasteiger partial charge in [-0.2, -0.15) is 0 Å². The Hall–Kier alpha value is -2.42. The quantitative estimate of drug-likeness (QED) is 0.321. The highest BCUT2D eigenvalue weighted by molar-refractivity contribution is 7.89. The number of aromatic nitrogens is 1. The molecule has 4 rings (SSSR count). The number of carbonyl (C=O) groups is 1. The molecule has 1 saturated carbocycles. The summed E-state index contributed by atoms with van der Waals surface area (Å²) in [6.07, 6.45) is 5.09. The number of oxime groups is 1. The summed E-state index contributed by atoms with van der Waals surface area (Å²) in [6.45, 7) is 1.44. The molecule has 0 radical (unpaired) electrons. The number of nitrogens with zero attached hydrogens (tertiary/aromatic N) is 2. The highest BCUT2D eigenvalue weighted by Crippen LogP contribution is 2.25. The zero-order valence-electron chi connectivity index (χ0n) is 20.8. The van der Waals surface area contributed by atoms with E-state index in [1.807, 2.05) is 0 Å². The molecule has 1 aromatic carbocycles. The molecule has 2 fully saturated rings. The summed E-state index contributed by atoms with van der Waals surface area (Å²) in [5, 5.41) is 7.33. The Bertz CT molecular complexity index is 1180. The molecule has 1 aromatic heterocycles. The summed E-state index contributed by atoms with van der Waals surface area (Å²) in [6, 6.07) is 5.83. The molecule has 0 spiro atoms. The van der Waals surface area contributed by atoms with Crippen molar-refractivity contribution in [3.63, 3.8) is 0 Å². The first-order chi connectivity index (χ1) is 17.9. The molecule has 2 N–H and O–H groups in total. The van der Waals surface area contributed by atoms with Crippen molar-refractivity contribution < 1.29 is 32.3 Å². The highest BCUT2D eigenvalue weighted by Gasteiger charge is 2.27. The molecule has 1 aliphatic heterocycles. The zero-order valence-corrected chi connectivity index (χ0v) is 22.5. The van der Waals surface area contributed by atoms with Crippen LogP contribution in [0.5, 0.6) is 0 Å². The monoisotopic (exact) mass is 552 g/mol. The van der Waals surface area contributed by atoms with Gasteiger partial charge in [-0.3, -0.25) is 10.1 Å².